The molecule has 0 spiro atoms. The van der Waals surface area contributed by atoms with Crippen molar-refractivity contribution >= 4 is 23.6 Å². The minimum absolute atomic E-state index is 0.00631. The van der Waals surface area contributed by atoms with Crippen LogP contribution in [0.3, 0.4) is 0 Å². The first-order valence-corrected chi connectivity index (χ1v) is 10.1. The molecule has 32 heavy (non-hydrogen) atoms. The molecule has 8 nitrogen and oxygen atoms in total. The van der Waals surface area contributed by atoms with E-state index in [1.54, 1.807) is 22.8 Å². The highest BCUT2D eigenvalue weighted by molar-refractivity contribution is 5.90. The number of likely N-dealkylation sites (tertiary alicyclic amines) is 1. The Morgan fingerprint density at radius 3 is 2.38 bits per heavy atom. The second-order valence-corrected chi connectivity index (χ2v) is 7.98. The van der Waals surface area contributed by atoms with Crippen LogP contribution in [0.4, 0.5) is 29.6 Å². The number of esters is 1. The average Bonchev–Trinajstić information content (AvgIpc) is 3.31. The Morgan fingerprint density at radius 1 is 1.09 bits per heavy atom. The second-order valence-electron chi connectivity index (χ2n) is 7.98. The van der Waals surface area contributed by atoms with Crippen LogP contribution in [0.25, 0.3) is 0 Å². The molecule has 0 saturated carbocycles. The van der Waals surface area contributed by atoms with Crippen molar-refractivity contribution in [1.82, 2.24) is 14.9 Å². The summed E-state index contributed by atoms with van der Waals surface area (Å²) in [7, 11) is 1.23. The van der Waals surface area contributed by atoms with Crippen LogP contribution in [0.1, 0.15) is 21.7 Å². The van der Waals surface area contributed by atoms with E-state index in [2.05, 4.69) is 20.0 Å². The zero-order valence-electron chi connectivity index (χ0n) is 17.5. The fourth-order valence-electron chi connectivity index (χ4n) is 4.35. The number of nitrogens with zero attached hydrogens (tertiary/aromatic N) is 4. The SMILES string of the molecule is COC(=O)c1cc(C)nc(NC(=O)N2C[C@@H]3CN(c4ccccc4C(F)(F)F)C[C@@H]3C2)n1. The maximum atomic E-state index is 13.4. The van der Waals surface area contributed by atoms with E-state index in [-0.39, 0.29) is 29.2 Å². The normalized spacial score (nSPS) is 20.3. The highest BCUT2D eigenvalue weighted by Crippen LogP contribution is 2.40. The Kier molecular flexibility index (Phi) is 5.66. The summed E-state index contributed by atoms with van der Waals surface area (Å²) in [6.45, 7) is 3.37. The van der Waals surface area contributed by atoms with Crippen LogP contribution in [0, 0.1) is 18.8 Å². The zero-order chi connectivity index (χ0) is 23.0. The summed E-state index contributed by atoms with van der Waals surface area (Å²) in [5.74, 6) is -0.522. The highest BCUT2D eigenvalue weighted by Gasteiger charge is 2.44. The standard InChI is InChI=1S/C21H22F3N5O3/c1-12-7-16(18(30)32-2)26-19(25-12)27-20(31)29-10-13-8-28(9-14(13)11-29)17-6-4-3-5-15(17)21(22,23)24/h3-7,13-14H,8-11H2,1-2H3,(H,25,26,27,31)/t13-,14+. The predicted molar refractivity (Wildman–Crippen MR) is 109 cm³/mol. The Morgan fingerprint density at radius 2 is 1.75 bits per heavy atom. The van der Waals surface area contributed by atoms with E-state index in [0.717, 1.165) is 6.07 Å². The minimum atomic E-state index is -4.42. The summed E-state index contributed by atoms with van der Waals surface area (Å²) in [5.41, 5.74) is 0.0574. The minimum Gasteiger partial charge on any atom is -0.464 e. The number of para-hydroxylation sites is 1. The molecule has 4 rings (SSSR count). The number of anilines is 2. The van der Waals surface area contributed by atoms with Gasteiger partial charge < -0.3 is 14.5 Å². The fourth-order valence-corrected chi connectivity index (χ4v) is 4.35. The lowest BCUT2D eigenvalue weighted by Gasteiger charge is -2.25. The van der Waals surface area contributed by atoms with Gasteiger partial charge in [0.1, 0.15) is 0 Å². The van der Waals surface area contributed by atoms with Gasteiger partial charge in [0.2, 0.25) is 5.95 Å². The van der Waals surface area contributed by atoms with Crippen LogP contribution in [0.5, 0.6) is 0 Å². The van der Waals surface area contributed by atoms with Gasteiger partial charge in [0.05, 0.1) is 12.7 Å². The first kappa shape index (κ1) is 21.8. The third-order valence-electron chi connectivity index (χ3n) is 5.79. The maximum absolute atomic E-state index is 13.4. The van der Waals surface area contributed by atoms with Gasteiger partial charge in [-0.2, -0.15) is 13.2 Å². The maximum Gasteiger partial charge on any atom is 0.418 e. The van der Waals surface area contributed by atoms with Crippen molar-refractivity contribution < 1.29 is 27.5 Å². The summed E-state index contributed by atoms with van der Waals surface area (Å²) < 4.78 is 44.8. The van der Waals surface area contributed by atoms with Gasteiger partial charge in [0.25, 0.3) is 0 Å². The van der Waals surface area contributed by atoms with Gasteiger partial charge in [-0.1, -0.05) is 12.1 Å². The van der Waals surface area contributed by atoms with Crippen LogP contribution in [0.2, 0.25) is 0 Å². The quantitative estimate of drug-likeness (QED) is 0.725. The van der Waals surface area contributed by atoms with E-state index in [4.69, 9.17) is 0 Å². The van der Waals surface area contributed by atoms with E-state index in [1.165, 1.54) is 25.3 Å². The number of hydrogen-bond donors (Lipinski definition) is 1. The number of methoxy groups -OCH3 is 1. The molecular weight excluding hydrogens is 427 g/mol. The van der Waals surface area contributed by atoms with Gasteiger partial charge in [-0.25, -0.2) is 19.6 Å². The van der Waals surface area contributed by atoms with Crippen molar-refractivity contribution in [2.24, 2.45) is 11.8 Å². The Bertz CT molecular complexity index is 1030. The molecular formula is C21H22F3N5O3. The number of hydrogen-bond acceptors (Lipinski definition) is 6. The van der Waals surface area contributed by atoms with Gasteiger partial charge in [-0.3, -0.25) is 5.32 Å². The highest BCUT2D eigenvalue weighted by atomic mass is 19.4. The third kappa shape index (κ3) is 4.32. The molecule has 11 heteroatoms. The molecule has 2 aliphatic heterocycles. The molecule has 2 atom stereocenters. The molecule has 0 unspecified atom stereocenters. The second kappa shape index (κ2) is 8.29. The number of aryl methyl sites for hydroxylation is 1. The molecule has 0 radical (unpaired) electrons. The molecule has 3 heterocycles. The molecule has 2 amide bonds. The molecule has 1 aromatic heterocycles. The topological polar surface area (TPSA) is 87.7 Å². The van der Waals surface area contributed by atoms with E-state index >= 15 is 0 Å². The first-order valence-electron chi connectivity index (χ1n) is 10.1. The molecule has 2 fully saturated rings. The summed E-state index contributed by atoms with van der Waals surface area (Å²) in [6, 6.07) is 6.60. The largest absolute Gasteiger partial charge is 0.464 e. The summed E-state index contributed by atoms with van der Waals surface area (Å²) >= 11 is 0. The van der Waals surface area contributed by atoms with Crippen molar-refractivity contribution in [3.8, 4) is 0 Å². The van der Waals surface area contributed by atoms with Crippen molar-refractivity contribution in [1.29, 1.82) is 0 Å². The smallest absolute Gasteiger partial charge is 0.418 e. The number of carbonyl (C=O) groups excluding carboxylic acids is 2. The van der Waals surface area contributed by atoms with Gasteiger partial charge in [0, 0.05) is 49.4 Å². The van der Waals surface area contributed by atoms with E-state index in [9.17, 15) is 22.8 Å². The lowest BCUT2D eigenvalue weighted by atomic mass is 10.0. The van der Waals surface area contributed by atoms with Crippen LogP contribution >= 0.6 is 0 Å². The predicted octanol–water partition coefficient (Wildman–Crippen LogP) is 3.19. The monoisotopic (exact) mass is 449 g/mol. The molecule has 0 bridgehead atoms. The van der Waals surface area contributed by atoms with Crippen molar-refractivity contribution in [3.05, 3.63) is 47.3 Å². The van der Waals surface area contributed by atoms with Crippen LogP contribution in [0.15, 0.2) is 30.3 Å². The molecule has 2 aromatic rings. The van der Waals surface area contributed by atoms with Gasteiger partial charge in [-0.05, 0) is 25.1 Å². The van der Waals surface area contributed by atoms with Crippen LogP contribution in [-0.2, 0) is 10.9 Å². The average molecular weight is 449 g/mol. The third-order valence-corrected chi connectivity index (χ3v) is 5.79. The molecule has 1 aromatic carbocycles. The van der Waals surface area contributed by atoms with Gasteiger partial charge in [0.15, 0.2) is 5.69 Å². The Labute approximate surface area is 182 Å². The lowest BCUT2D eigenvalue weighted by Crippen LogP contribution is -2.37. The first-order chi connectivity index (χ1) is 15.2. The Hall–Kier alpha value is -3.37. The van der Waals surface area contributed by atoms with Gasteiger partial charge >= 0.3 is 18.2 Å². The van der Waals surface area contributed by atoms with Crippen molar-refractivity contribution in [2.75, 3.05) is 43.5 Å². The number of nitrogens with one attached hydrogen (secondary N) is 1. The van der Waals surface area contributed by atoms with Gasteiger partial charge in [-0.15, -0.1) is 0 Å². The van der Waals surface area contributed by atoms with E-state index in [1.807, 2.05) is 0 Å². The number of aromatic nitrogens is 2. The van der Waals surface area contributed by atoms with Crippen LogP contribution in [-0.4, -0.2) is 60.2 Å². The number of alkyl halides is 3. The molecule has 2 aliphatic rings. The number of benzene rings is 1. The number of fused-ring (bicyclic) bond motifs is 1. The number of urea groups is 1. The zero-order valence-corrected chi connectivity index (χ0v) is 17.5. The number of amides is 2. The number of rotatable bonds is 3. The molecule has 170 valence electrons. The summed E-state index contributed by atoms with van der Waals surface area (Å²) in [6.07, 6.45) is -4.42. The number of carbonyl (C=O) groups is 2. The van der Waals surface area contributed by atoms with Crippen molar-refractivity contribution in [3.63, 3.8) is 0 Å². The lowest BCUT2D eigenvalue weighted by molar-refractivity contribution is -0.137. The molecule has 2 saturated heterocycles. The van der Waals surface area contributed by atoms with Crippen LogP contribution < -0.4 is 10.2 Å². The number of ether oxygens (including phenoxy) is 1. The molecule has 1 N–H and O–H groups in total. The molecule has 0 aliphatic carbocycles. The summed E-state index contributed by atoms with van der Waals surface area (Å²) in [4.78, 5) is 35.9. The van der Waals surface area contributed by atoms with E-state index in [0.29, 0.717) is 31.9 Å². The summed E-state index contributed by atoms with van der Waals surface area (Å²) in [5, 5.41) is 2.60. The number of halogens is 3. The van der Waals surface area contributed by atoms with E-state index < -0.39 is 23.7 Å². The van der Waals surface area contributed by atoms with Crippen molar-refractivity contribution in [2.45, 2.75) is 13.1 Å². The fraction of sp³-hybridized carbons (Fsp3) is 0.429. The Balaban J connectivity index is 1.41.